The maximum absolute atomic E-state index is 14.0. The molecule has 3 aliphatic carbocycles. The van der Waals surface area contributed by atoms with E-state index in [0.29, 0.717) is 127 Å². The highest BCUT2D eigenvalue weighted by Crippen LogP contribution is 2.44. The highest BCUT2D eigenvalue weighted by Gasteiger charge is 2.37. The van der Waals surface area contributed by atoms with Gasteiger partial charge in [-0.15, -0.1) is 11.3 Å². The number of carbonyl (C=O) groups is 9. The number of ether oxygens (including phenoxy) is 8. The van der Waals surface area contributed by atoms with Crippen LogP contribution in [0.25, 0.3) is 6.08 Å². The molecule has 0 unspecified atom stereocenters. The molecule has 17 nitrogen and oxygen atoms in total. The molecule has 19 heteroatoms. The molecule has 0 radical (unpaired) electrons. The van der Waals surface area contributed by atoms with Crippen molar-refractivity contribution in [2.24, 2.45) is 40.9 Å². The number of halogens is 1. The minimum absolute atomic E-state index is 0.0167. The van der Waals surface area contributed by atoms with E-state index in [2.05, 4.69) is 34.6 Å². The average Bonchev–Trinajstić information content (AvgIpc) is 2.99. The van der Waals surface area contributed by atoms with E-state index in [9.17, 15) is 43.2 Å². The van der Waals surface area contributed by atoms with E-state index in [1.54, 1.807) is 54.6 Å². The van der Waals surface area contributed by atoms with Crippen LogP contribution in [0.4, 0.5) is 0 Å². The van der Waals surface area contributed by atoms with Crippen LogP contribution in [0.1, 0.15) is 158 Å². The Labute approximate surface area is 499 Å². The van der Waals surface area contributed by atoms with E-state index < -0.39 is 64.9 Å². The molecule has 0 spiro atoms. The molecule has 84 heavy (non-hydrogen) atoms. The number of rotatable bonds is 22. The number of ketones is 1. The van der Waals surface area contributed by atoms with Crippen molar-refractivity contribution in [3.05, 3.63) is 105 Å². The molecule has 3 aliphatic rings. The van der Waals surface area contributed by atoms with E-state index in [1.165, 1.54) is 44.2 Å². The van der Waals surface area contributed by atoms with Gasteiger partial charge in [0.05, 0.1) is 51.3 Å². The van der Waals surface area contributed by atoms with Crippen molar-refractivity contribution >= 4 is 82.6 Å². The van der Waals surface area contributed by atoms with Crippen LogP contribution in [0.3, 0.4) is 0 Å². The summed E-state index contributed by atoms with van der Waals surface area (Å²) in [6.45, 7) is 13.3. The Balaban J connectivity index is 0.939. The van der Waals surface area contributed by atoms with Gasteiger partial charge in [0.15, 0.2) is 5.78 Å². The Morgan fingerprint density at radius 1 is 0.488 bits per heavy atom. The van der Waals surface area contributed by atoms with Gasteiger partial charge in [-0.2, -0.15) is 0 Å². The molecule has 1 heterocycles. The zero-order valence-electron chi connectivity index (χ0n) is 48.8. The normalized spacial score (nSPS) is 20.0. The Hall–Kier alpha value is -7.18. The average molecular weight is 1200 g/mol. The summed E-state index contributed by atoms with van der Waals surface area (Å²) in [7, 11) is 0. The van der Waals surface area contributed by atoms with Crippen LogP contribution in [0.5, 0.6) is 28.7 Å². The summed E-state index contributed by atoms with van der Waals surface area (Å²) in [5.74, 6) is -5.21. The first kappa shape index (κ1) is 64.4. The van der Waals surface area contributed by atoms with Crippen molar-refractivity contribution < 1.29 is 81.0 Å². The van der Waals surface area contributed by atoms with E-state index in [-0.39, 0.29) is 66.3 Å². The monoisotopic (exact) mass is 1190 g/mol. The molecule has 3 saturated carbocycles. The molecular formula is C65H75ClO17S. The van der Waals surface area contributed by atoms with E-state index in [4.69, 9.17) is 49.5 Å². The Morgan fingerprint density at radius 2 is 0.905 bits per heavy atom. The lowest BCUT2D eigenvalue weighted by Gasteiger charge is -2.34. The quantitative estimate of drug-likeness (QED) is 0.0178. The van der Waals surface area contributed by atoms with Gasteiger partial charge in [-0.05, 0) is 173 Å². The smallest absolute Gasteiger partial charge is 0.314 e. The van der Waals surface area contributed by atoms with Gasteiger partial charge in [0.25, 0.3) is 0 Å². The molecular weight excluding hydrogens is 1120 g/mol. The van der Waals surface area contributed by atoms with Crippen molar-refractivity contribution in [3.63, 3.8) is 0 Å². The Bertz CT molecular complexity index is 3050. The van der Waals surface area contributed by atoms with Crippen LogP contribution in [0, 0.1) is 40.9 Å². The molecule has 4 aromatic rings. The molecule has 3 aromatic carbocycles. The van der Waals surface area contributed by atoms with Gasteiger partial charge in [-0.1, -0.05) is 58.4 Å². The van der Waals surface area contributed by atoms with Gasteiger partial charge in [0.1, 0.15) is 42.0 Å². The molecule has 0 amide bonds. The minimum Gasteiger partial charge on any atom is -0.466 e. The van der Waals surface area contributed by atoms with Crippen molar-refractivity contribution in [1.82, 2.24) is 0 Å². The predicted molar refractivity (Wildman–Crippen MR) is 312 cm³/mol. The summed E-state index contributed by atoms with van der Waals surface area (Å²) >= 11 is 7.22. The van der Waals surface area contributed by atoms with Gasteiger partial charge in [0.2, 0.25) is 0 Å². The molecule has 0 saturated heterocycles. The van der Waals surface area contributed by atoms with Crippen molar-refractivity contribution in [2.75, 3.05) is 19.8 Å². The second kappa shape index (κ2) is 29.6. The summed E-state index contributed by atoms with van der Waals surface area (Å²) in [5.41, 5.74) is 1.26. The van der Waals surface area contributed by atoms with E-state index in [1.807, 2.05) is 0 Å². The van der Waals surface area contributed by atoms with Crippen molar-refractivity contribution in [1.29, 1.82) is 0 Å². The van der Waals surface area contributed by atoms with Crippen LogP contribution in [0.2, 0.25) is 4.34 Å². The second-order valence-corrected chi connectivity index (χ2v) is 25.5. The van der Waals surface area contributed by atoms with Crippen LogP contribution in [-0.2, 0) is 64.4 Å². The standard InChI is InChI=1S/C65H75ClO17S/c1-39(67)76-33-32-41-8-23-49(24-9-41)79-59(71)43-14-16-45(17-15-43)60(72)80-50-25-28-54(48(36-50)22-27-53(69)56-30-31-57(66)84-56)82-62(74)46-18-20-47(21-19-46)63(75)83-55-29-26-51(37-52(55)65(6,7)38-64(3,4)5)81-61(73)44-12-10-42(11-13-44)58(70)78-35-34-77-40(2)68/h8-9,22-31,36-37,42-47H,10-21,32-35,38H2,1-7H3/b27-22+. The van der Waals surface area contributed by atoms with Crippen LogP contribution < -0.4 is 23.7 Å². The largest absolute Gasteiger partial charge is 0.466 e. The predicted octanol–water partition coefficient (Wildman–Crippen LogP) is 12.6. The molecule has 1 aromatic heterocycles. The third-order valence-electron chi connectivity index (χ3n) is 15.4. The summed E-state index contributed by atoms with van der Waals surface area (Å²) in [4.78, 5) is 116. The topological polar surface area (TPSA) is 227 Å². The summed E-state index contributed by atoms with van der Waals surface area (Å²) in [6, 6.07) is 19.8. The number of benzene rings is 3. The molecule has 3 fully saturated rings. The maximum atomic E-state index is 14.0. The van der Waals surface area contributed by atoms with E-state index >= 15 is 0 Å². The number of allylic oxidation sites excluding steroid dienone is 1. The highest BCUT2D eigenvalue weighted by molar-refractivity contribution is 7.18. The first-order valence-corrected chi connectivity index (χ1v) is 30.0. The number of esters is 8. The Kier molecular flexibility index (Phi) is 22.7. The lowest BCUT2D eigenvalue weighted by atomic mass is 9.72. The highest BCUT2D eigenvalue weighted by atomic mass is 35.5. The molecule has 7 rings (SSSR count). The van der Waals surface area contributed by atoms with Gasteiger partial charge >= 0.3 is 47.8 Å². The van der Waals surface area contributed by atoms with Gasteiger partial charge < -0.3 is 37.9 Å². The molecule has 0 aliphatic heterocycles. The fourth-order valence-electron chi connectivity index (χ4n) is 11.3. The SMILES string of the molecule is CC(=O)OCCOC(=O)C1CCC(C(=O)Oc2ccc(OC(=O)C3CCC(C(=O)Oc4ccc(OC(=O)C5CCC(C(=O)Oc6ccc(CCOC(C)=O)cc6)CC5)cc4/C=C/C(=O)c4ccc(Cl)s4)CC3)c(C(C)(C)CC(C)(C)C)c2)CC1. The fourth-order valence-corrected chi connectivity index (χ4v) is 12.2. The zero-order chi connectivity index (χ0) is 60.7. The van der Waals surface area contributed by atoms with Crippen LogP contribution >= 0.6 is 22.9 Å². The maximum Gasteiger partial charge on any atom is 0.314 e. The lowest BCUT2D eigenvalue weighted by molar-refractivity contribution is -0.156. The van der Waals surface area contributed by atoms with E-state index in [0.717, 1.165) is 16.9 Å². The van der Waals surface area contributed by atoms with Crippen molar-refractivity contribution in [2.45, 2.75) is 144 Å². The summed E-state index contributed by atoms with van der Waals surface area (Å²) in [6.07, 6.45) is 8.81. The number of thiophene rings is 1. The Morgan fingerprint density at radius 3 is 1.38 bits per heavy atom. The summed E-state index contributed by atoms with van der Waals surface area (Å²) in [5, 5.41) is 0. The van der Waals surface area contributed by atoms with Crippen LogP contribution in [0.15, 0.2) is 78.9 Å². The number of carbonyl (C=O) groups excluding carboxylic acids is 9. The lowest BCUT2D eigenvalue weighted by Crippen LogP contribution is -2.31. The van der Waals surface area contributed by atoms with Crippen molar-refractivity contribution in [3.8, 4) is 28.7 Å². The zero-order valence-corrected chi connectivity index (χ0v) is 50.4. The first-order chi connectivity index (χ1) is 39.9. The third kappa shape index (κ3) is 19.2. The van der Waals surface area contributed by atoms with Gasteiger partial charge in [-0.3, -0.25) is 43.2 Å². The molecule has 0 atom stereocenters. The van der Waals surface area contributed by atoms with Gasteiger partial charge in [0, 0.05) is 31.4 Å². The molecule has 0 N–H and O–H groups in total. The number of hydrogen-bond donors (Lipinski definition) is 0. The third-order valence-corrected chi connectivity index (χ3v) is 16.6. The molecule has 0 bridgehead atoms. The van der Waals surface area contributed by atoms with Gasteiger partial charge in [-0.25, -0.2) is 0 Å². The van der Waals surface area contributed by atoms with Crippen LogP contribution in [-0.4, -0.2) is 73.4 Å². The second-order valence-electron chi connectivity index (χ2n) is 23.8. The summed E-state index contributed by atoms with van der Waals surface area (Å²) < 4.78 is 45.2. The molecule has 450 valence electrons. The fraction of sp³-hybridized carbons (Fsp3) is 0.492. The first-order valence-electron chi connectivity index (χ1n) is 28.8. The number of hydrogen-bond acceptors (Lipinski definition) is 18. The minimum atomic E-state index is -0.561.